The Morgan fingerprint density at radius 2 is 2.08 bits per heavy atom. The first kappa shape index (κ1) is 17.1. The first-order chi connectivity index (χ1) is 12.6. The van der Waals surface area contributed by atoms with Gasteiger partial charge in [0.05, 0.1) is 12.4 Å². The average Bonchev–Trinajstić information content (AvgIpc) is 3.40. The fraction of sp³-hybridized carbons (Fsp3) is 0.455. The third-order valence-electron chi connectivity index (χ3n) is 5.58. The van der Waals surface area contributed by atoms with E-state index in [0.717, 1.165) is 31.4 Å². The van der Waals surface area contributed by atoms with Crippen LogP contribution in [-0.4, -0.2) is 29.0 Å². The van der Waals surface area contributed by atoms with Crippen molar-refractivity contribution in [3.63, 3.8) is 0 Å². The summed E-state index contributed by atoms with van der Waals surface area (Å²) in [6.45, 7) is 13.6. The average molecular weight is 351 g/mol. The van der Waals surface area contributed by atoms with Crippen molar-refractivity contribution < 1.29 is 0 Å². The Morgan fingerprint density at radius 1 is 1.23 bits per heavy atom. The summed E-state index contributed by atoms with van der Waals surface area (Å²) < 4.78 is 0. The van der Waals surface area contributed by atoms with Crippen LogP contribution in [0.3, 0.4) is 0 Å². The minimum atomic E-state index is 0.449. The molecule has 2 aromatic rings. The maximum Gasteiger partial charge on any atom is 0.0918 e. The lowest BCUT2D eigenvalue weighted by atomic mass is 10.0. The summed E-state index contributed by atoms with van der Waals surface area (Å²) in [5.41, 5.74) is 5.01. The van der Waals surface area contributed by atoms with Gasteiger partial charge >= 0.3 is 0 Å². The van der Waals surface area contributed by atoms with E-state index in [0.29, 0.717) is 6.04 Å². The van der Waals surface area contributed by atoms with E-state index in [4.69, 9.17) is 0 Å². The lowest BCUT2D eigenvalue weighted by Crippen LogP contribution is -2.46. The van der Waals surface area contributed by atoms with Crippen molar-refractivity contribution in [2.75, 3.05) is 13.1 Å². The Balaban J connectivity index is 1.28. The van der Waals surface area contributed by atoms with Gasteiger partial charge in [0.25, 0.3) is 0 Å². The molecule has 138 valence electrons. The zero-order valence-electron chi connectivity index (χ0n) is 15.8. The molecule has 0 amide bonds. The molecular weight excluding hydrogens is 320 g/mol. The van der Waals surface area contributed by atoms with E-state index in [9.17, 15) is 0 Å². The Kier molecular flexibility index (Phi) is 4.66. The predicted octanol–water partition coefficient (Wildman–Crippen LogP) is 4.01. The van der Waals surface area contributed by atoms with Crippen molar-refractivity contribution in [2.24, 2.45) is 5.92 Å². The van der Waals surface area contributed by atoms with Crippen molar-refractivity contribution in [3.05, 3.63) is 60.2 Å². The summed E-state index contributed by atoms with van der Waals surface area (Å²) in [7, 11) is 0. The van der Waals surface area contributed by atoms with E-state index in [-0.39, 0.29) is 0 Å². The highest BCUT2D eigenvalue weighted by Gasteiger charge is 2.30. The maximum absolute atomic E-state index is 4.31. The summed E-state index contributed by atoms with van der Waals surface area (Å²) in [5.74, 6) is 1.66. The van der Waals surface area contributed by atoms with Crippen LogP contribution < -0.4 is 10.6 Å². The highest BCUT2D eigenvalue weighted by molar-refractivity contribution is 5.81. The number of aromatic amines is 1. The van der Waals surface area contributed by atoms with E-state index in [1.807, 2.05) is 0 Å². The second-order valence-corrected chi connectivity index (χ2v) is 7.91. The number of likely N-dealkylation sites (tertiary alicyclic amines) is 1. The standard InChI is InChI=1S/C22H30N4/c1-15-6-9-22-19(11-15)12-21(25-22)13-23-17(3)24-20-5-4-10-26(14-20)16(2)18-7-8-18/h6,9,11-12,18,20,23-25H,2-5,7-8,10,13-14H2,1H3. The lowest BCUT2D eigenvalue weighted by molar-refractivity contribution is 0.232. The number of benzene rings is 1. The van der Waals surface area contributed by atoms with Crippen LogP contribution in [0.1, 0.15) is 36.9 Å². The zero-order valence-corrected chi connectivity index (χ0v) is 15.8. The number of aromatic nitrogens is 1. The fourth-order valence-electron chi connectivity index (χ4n) is 3.94. The molecule has 26 heavy (non-hydrogen) atoms. The minimum Gasteiger partial charge on any atom is -0.373 e. The van der Waals surface area contributed by atoms with Crippen molar-refractivity contribution in [1.29, 1.82) is 0 Å². The minimum absolute atomic E-state index is 0.449. The smallest absolute Gasteiger partial charge is 0.0918 e. The molecule has 1 aromatic carbocycles. The van der Waals surface area contributed by atoms with Crippen LogP contribution in [0, 0.1) is 12.8 Å². The molecule has 1 aromatic heterocycles. The lowest BCUT2D eigenvalue weighted by Gasteiger charge is -2.36. The van der Waals surface area contributed by atoms with Gasteiger partial charge in [-0.1, -0.05) is 24.8 Å². The number of rotatable bonds is 7. The number of aryl methyl sites for hydroxylation is 1. The molecule has 1 saturated carbocycles. The largest absolute Gasteiger partial charge is 0.373 e. The van der Waals surface area contributed by atoms with Crippen LogP contribution in [-0.2, 0) is 6.54 Å². The first-order valence-corrected chi connectivity index (χ1v) is 9.80. The number of hydrogen-bond donors (Lipinski definition) is 3. The molecule has 0 spiro atoms. The molecule has 2 aliphatic rings. The summed E-state index contributed by atoms with van der Waals surface area (Å²) >= 11 is 0. The highest BCUT2D eigenvalue weighted by atomic mass is 15.2. The van der Waals surface area contributed by atoms with Crippen LogP contribution in [0.15, 0.2) is 48.9 Å². The Labute approximate surface area is 156 Å². The zero-order chi connectivity index (χ0) is 18.1. The molecule has 0 radical (unpaired) electrons. The van der Waals surface area contributed by atoms with Gasteiger partial charge in [0, 0.05) is 36.0 Å². The van der Waals surface area contributed by atoms with Gasteiger partial charge in [0.1, 0.15) is 0 Å². The SMILES string of the molecule is C=C(NCc1cc2cc(C)ccc2[nH]1)NC1CCCN(C(=C)C2CC2)C1. The van der Waals surface area contributed by atoms with Crippen molar-refractivity contribution in [2.45, 2.75) is 45.2 Å². The summed E-state index contributed by atoms with van der Waals surface area (Å²) in [6.07, 6.45) is 5.07. The summed E-state index contributed by atoms with van der Waals surface area (Å²) in [6, 6.07) is 9.16. The van der Waals surface area contributed by atoms with Gasteiger partial charge < -0.3 is 20.5 Å². The predicted molar refractivity (Wildman–Crippen MR) is 109 cm³/mol. The number of nitrogens with one attached hydrogen (secondary N) is 3. The van der Waals surface area contributed by atoms with Crippen molar-refractivity contribution in [3.8, 4) is 0 Å². The third-order valence-corrected chi connectivity index (χ3v) is 5.58. The van der Waals surface area contributed by atoms with E-state index < -0.39 is 0 Å². The van der Waals surface area contributed by atoms with Crippen LogP contribution in [0.5, 0.6) is 0 Å². The van der Waals surface area contributed by atoms with Gasteiger partial charge in [-0.2, -0.15) is 0 Å². The monoisotopic (exact) mass is 350 g/mol. The first-order valence-electron chi connectivity index (χ1n) is 9.80. The second-order valence-electron chi connectivity index (χ2n) is 7.91. The van der Waals surface area contributed by atoms with Crippen LogP contribution in [0.4, 0.5) is 0 Å². The number of allylic oxidation sites excluding steroid dienone is 1. The van der Waals surface area contributed by atoms with Gasteiger partial charge in [-0.25, -0.2) is 0 Å². The molecule has 2 fully saturated rings. The number of piperidine rings is 1. The molecule has 4 rings (SSSR count). The second kappa shape index (κ2) is 7.10. The molecule has 3 N–H and O–H groups in total. The van der Waals surface area contributed by atoms with E-state index in [1.54, 1.807) is 0 Å². The van der Waals surface area contributed by atoms with Crippen molar-refractivity contribution >= 4 is 10.9 Å². The Bertz CT molecular complexity index is 815. The molecule has 1 saturated heterocycles. The number of H-pyrrole nitrogens is 1. The molecular formula is C22H30N4. The quantitative estimate of drug-likeness (QED) is 0.707. The normalized spacial score (nSPS) is 20.2. The van der Waals surface area contributed by atoms with Crippen LogP contribution in [0.25, 0.3) is 10.9 Å². The van der Waals surface area contributed by atoms with Gasteiger partial charge in [-0.15, -0.1) is 0 Å². The molecule has 1 aliphatic heterocycles. The molecule has 0 bridgehead atoms. The van der Waals surface area contributed by atoms with Crippen LogP contribution >= 0.6 is 0 Å². The highest BCUT2D eigenvalue weighted by Crippen LogP contribution is 2.38. The Morgan fingerprint density at radius 3 is 2.88 bits per heavy atom. The topological polar surface area (TPSA) is 43.1 Å². The van der Waals surface area contributed by atoms with E-state index in [1.165, 1.54) is 53.5 Å². The van der Waals surface area contributed by atoms with Gasteiger partial charge in [-0.05, 0) is 62.1 Å². The molecule has 1 aliphatic carbocycles. The summed E-state index contributed by atoms with van der Waals surface area (Å²) in [5, 5.41) is 8.26. The maximum atomic E-state index is 4.31. The van der Waals surface area contributed by atoms with Gasteiger partial charge in [0.15, 0.2) is 0 Å². The molecule has 2 heterocycles. The third kappa shape index (κ3) is 3.90. The number of fused-ring (bicyclic) bond motifs is 1. The molecule has 1 unspecified atom stereocenters. The van der Waals surface area contributed by atoms with Gasteiger partial charge in [0.2, 0.25) is 0 Å². The summed E-state index contributed by atoms with van der Waals surface area (Å²) in [4.78, 5) is 5.95. The fourth-order valence-corrected chi connectivity index (χ4v) is 3.94. The van der Waals surface area contributed by atoms with Gasteiger partial charge in [-0.3, -0.25) is 0 Å². The molecule has 4 nitrogen and oxygen atoms in total. The van der Waals surface area contributed by atoms with E-state index in [2.05, 4.69) is 64.9 Å². The molecule has 1 atom stereocenters. The van der Waals surface area contributed by atoms with Crippen LogP contribution in [0.2, 0.25) is 0 Å². The van der Waals surface area contributed by atoms with E-state index >= 15 is 0 Å². The number of nitrogens with zero attached hydrogens (tertiary/aromatic N) is 1. The number of hydrogen-bond acceptors (Lipinski definition) is 3. The van der Waals surface area contributed by atoms with Crippen molar-refractivity contribution in [1.82, 2.24) is 20.5 Å². The Hall–Kier alpha value is -2.36. The molecule has 4 heteroatoms.